The minimum absolute atomic E-state index is 0.0953. The second kappa shape index (κ2) is 9.30. The predicted molar refractivity (Wildman–Crippen MR) is 123 cm³/mol. The molecule has 1 aliphatic heterocycles. The lowest BCUT2D eigenvalue weighted by atomic mass is 10.0. The zero-order valence-corrected chi connectivity index (χ0v) is 18.7. The van der Waals surface area contributed by atoms with Crippen molar-refractivity contribution in [2.45, 2.75) is 39.7 Å². The summed E-state index contributed by atoms with van der Waals surface area (Å²) in [5.41, 5.74) is 3.27. The Bertz CT molecular complexity index is 1010. The van der Waals surface area contributed by atoms with Crippen LogP contribution in [0.15, 0.2) is 58.4 Å². The first-order valence-electron chi connectivity index (χ1n) is 9.92. The number of amides is 1. The van der Waals surface area contributed by atoms with Crippen LogP contribution in [0.25, 0.3) is 6.08 Å². The molecule has 6 heteroatoms. The smallest absolute Gasteiger partial charge is 0.338 e. The van der Waals surface area contributed by atoms with E-state index >= 15 is 0 Å². The maximum Gasteiger partial charge on any atom is 0.338 e. The molecule has 1 heterocycles. The predicted octanol–water partition coefficient (Wildman–Crippen LogP) is 5.61. The Morgan fingerprint density at radius 2 is 1.80 bits per heavy atom. The van der Waals surface area contributed by atoms with E-state index < -0.39 is 0 Å². The summed E-state index contributed by atoms with van der Waals surface area (Å²) in [6, 6.07) is 15.1. The summed E-state index contributed by atoms with van der Waals surface area (Å²) >= 11 is 1.32. The summed E-state index contributed by atoms with van der Waals surface area (Å²) in [7, 11) is 1.70. The monoisotopic (exact) mass is 422 g/mol. The third-order valence-electron chi connectivity index (χ3n) is 4.55. The number of ether oxygens (including phenoxy) is 1. The van der Waals surface area contributed by atoms with Gasteiger partial charge in [0.1, 0.15) is 0 Å². The summed E-state index contributed by atoms with van der Waals surface area (Å²) in [6.45, 7) is 7.92. The normalized spacial score (nSPS) is 16.9. The molecular weight excluding hydrogens is 396 g/mol. The number of aliphatic imine (C=N–C) groups is 1. The fourth-order valence-corrected chi connectivity index (χ4v) is 3.86. The lowest BCUT2D eigenvalue weighted by Gasteiger charge is -2.09. The number of carbonyl (C=O) groups excluding carboxylic acids is 2. The SMILES string of the molecule is CC(C)OC(=O)c1cccc(N=C2S/C(=C/c3ccc(C(C)C)cc3)C(=O)N2C)c1. The molecule has 1 amide bonds. The Balaban J connectivity index is 1.82. The van der Waals surface area contributed by atoms with Crippen LogP contribution in [-0.4, -0.2) is 35.1 Å². The fourth-order valence-electron chi connectivity index (χ4n) is 2.88. The number of carbonyl (C=O) groups is 2. The molecule has 0 aliphatic carbocycles. The quantitative estimate of drug-likeness (QED) is 0.464. The van der Waals surface area contributed by atoms with Crippen LogP contribution in [0.1, 0.15) is 55.1 Å². The maximum absolute atomic E-state index is 12.7. The highest BCUT2D eigenvalue weighted by molar-refractivity contribution is 8.18. The third-order valence-corrected chi connectivity index (χ3v) is 5.61. The minimum atomic E-state index is -0.388. The van der Waals surface area contributed by atoms with Gasteiger partial charge in [-0.15, -0.1) is 0 Å². The molecule has 1 saturated heterocycles. The molecule has 1 aliphatic rings. The number of hydrogen-bond acceptors (Lipinski definition) is 5. The second-order valence-corrected chi connectivity index (χ2v) is 8.70. The van der Waals surface area contributed by atoms with Gasteiger partial charge in [0.15, 0.2) is 5.17 Å². The standard InChI is InChI=1S/C24H26N2O3S/c1-15(2)18-11-9-17(10-12-18)13-21-22(27)26(5)24(30-21)25-20-8-6-7-19(14-20)23(28)29-16(3)4/h6-16H,1-5H3/b21-13+,25-24?. The van der Waals surface area contributed by atoms with E-state index in [1.807, 2.05) is 32.1 Å². The Hall–Kier alpha value is -2.86. The summed E-state index contributed by atoms with van der Waals surface area (Å²) in [4.78, 5) is 31.5. The van der Waals surface area contributed by atoms with E-state index in [2.05, 4.69) is 31.0 Å². The van der Waals surface area contributed by atoms with Gasteiger partial charge in [-0.3, -0.25) is 9.69 Å². The van der Waals surface area contributed by atoms with Crippen molar-refractivity contribution in [1.82, 2.24) is 4.90 Å². The van der Waals surface area contributed by atoms with Crippen LogP contribution in [0.2, 0.25) is 0 Å². The highest BCUT2D eigenvalue weighted by atomic mass is 32.2. The highest BCUT2D eigenvalue weighted by Gasteiger charge is 2.30. The second-order valence-electron chi connectivity index (χ2n) is 7.69. The minimum Gasteiger partial charge on any atom is -0.459 e. The van der Waals surface area contributed by atoms with Gasteiger partial charge in [-0.1, -0.05) is 44.2 Å². The fraction of sp³-hybridized carbons (Fsp3) is 0.292. The number of likely N-dealkylation sites (N-methyl/N-ethyl adjacent to an activating group) is 1. The van der Waals surface area contributed by atoms with Crippen LogP contribution in [0.4, 0.5) is 5.69 Å². The molecule has 156 valence electrons. The first kappa shape index (κ1) is 21.8. The van der Waals surface area contributed by atoms with Crippen molar-refractivity contribution in [3.63, 3.8) is 0 Å². The van der Waals surface area contributed by atoms with E-state index in [0.29, 0.717) is 27.2 Å². The maximum atomic E-state index is 12.7. The number of esters is 1. The molecule has 2 aromatic carbocycles. The van der Waals surface area contributed by atoms with Crippen LogP contribution < -0.4 is 0 Å². The van der Waals surface area contributed by atoms with E-state index in [1.165, 1.54) is 22.2 Å². The molecule has 1 fully saturated rings. The molecule has 0 saturated carbocycles. The molecule has 0 radical (unpaired) electrons. The molecule has 0 bridgehead atoms. The van der Waals surface area contributed by atoms with Gasteiger partial charge in [-0.2, -0.15) is 0 Å². The molecule has 5 nitrogen and oxygen atoms in total. The van der Waals surface area contributed by atoms with Crippen LogP contribution in [0.5, 0.6) is 0 Å². The zero-order chi connectivity index (χ0) is 21.8. The first-order valence-corrected chi connectivity index (χ1v) is 10.7. The molecule has 0 N–H and O–H groups in total. The molecule has 0 aromatic heterocycles. The van der Waals surface area contributed by atoms with Crippen molar-refractivity contribution < 1.29 is 14.3 Å². The van der Waals surface area contributed by atoms with Crippen molar-refractivity contribution in [2.75, 3.05) is 7.05 Å². The van der Waals surface area contributed by atoms with Gasteiger partial charge in [0, 0.05) is 7.05 Å². The van der Waals surface area contributed by atoms with Gasteiger partial charge in [0.2, 0.25) is 0 Å². The van der Waals surface area contributed by atoms with Crippen LogP contribution >= 0.6 is 11.8 Å². The lowest BCUT2D eigenvalue weighted by Crippen LogP contribution is -2.23. The number of nitrogens with zero attached hydrogens (tertiary/aromatic N) is 2. The number of amidine groups is 1. The Morgan fingerprint density at radius 3 is 2.43 bits per heavy atom. The number of thioether (sulfide) groups is 1. The summed E-state index contributed by atoms with van der Waals surface area (Å²) in [6.07, 6.45) is 1.69. The molecule has 30 heavy (non-hydrogen) atoms. The molecule has 0 spiro atoms. The van der Waals surface area contributed by atoms with E-state index in [9.17, 15) is 9.59 Å². The van der Waals surface area contributed by atoms with Crippen molar-refractivity contribution in [3.8, 4) is 0 Å². The molecule has 2 aromatic rings. The number of hydrogen-bond donors (Lipinski definition) is 0. The Labute approximate surface area is 181 Å². The van der Waals surface area contributed by atoms with Crippen molar-refractivity contribution in [3.05, 3.63) is 70.1 Å². The van der Waals surface area contributed by atoms with Crippen molar-refractivity contribution >= 4 is 40.6 Å². The van der Waals surface area contributed by atoms with E-state index in [-0.39, 0.29) is 18.0 Å². The Kier molecular flexibility index (Phi) is 6.77. The summed E-state index contributed by atoms with van der Waals surface area (Å²) in [5.74, 6) is -0.0179. The zero-order valence-electron chi connectivity index (χ0n) is 17.9. The van der Waals surface area contributed by atoms with E-state index in [0.717, 1.165) is 5.56 Å². The summed E-state index contributed by atoms with van der Waals surface area (Å²) < 4.78 is 5.24. The molecular formula is C24H26N2O3S. The largest absolute Gasteiger partial charge is 0.459 e. The van der Waals surface area contributed by atoms with Crippen LogP contribution in [0.3, 0.4) is 0 Å². The first-order chi connectivity index (χ1) is 14.2. The van der Waals surface area contributed by atoms with Crippen molar-refractivity contribution in [2.24, 2.45) is 4.99 Å². The van der Waals surface area contributed by atoms with Gasteiger partial charge < -0.3 is 4.74 Å². The van der Waals surface area contributed by atoms with Gasteiger partial charge in [0.25, 0.3) is 5.91 Å². The van der Waals surface area contributed by atoms with Gasteiger partial charge >= 0.3 is 5.97 Å². The lowest BCUT2D eigenvalue weighted by molar-refractivity contribution is -0.121. The topological polar surface area (TPSA) is 59.0 Å². The molecule has 0 unspecified atom stereocenters. The highest BCUT2D eigenvalue weighted by Crippen LogP contribution is 2.33. The van der Waals surface area contributed by atoms with Gasteiger partial charge in [0.05, 0.1) is 22.3 Å². The van der Waals surface area contributed by atoms with Crippen molar-refractivity contribution in [1.29, 1.82) is 0 Å². The average molecular weight is 423 g/mol. The average Bonchev–Trinajstić information content (AvgIpc) is 2.96. The van der Waals surface area contributed by atoms with Crippen LogP contribution in [-0.2, 0) is 9.53 Å². The van der Waals surface area contributed by atoms with E-state index in [4.69, 9.17) is 4.74 Å². The van der Waals surface area contributed by atoms with Gasteiger partial charge in [-0.05, 0) is 66.9 Å². The summed E-state index contributed by atoms with van der Waals surface area (Å²) in [5, 5.41) is 0.569. The Morgan fingerprint density at radius 1 is 1.10 bits per heavy atom. The van der Waals surface area contributed by atoms with Crippen LogP contribution in [0, 0.1) is 0 Å². The molecule has 0 atom stereocenters. The third kappa shape index (κ3) is 5.19. The van der Waals surface area contributed by atoms with Gasteiger partial charge in [-0.25, -0.2) is 9.79 Å². The number of rotatable bonds is 5. The van der Waals surface area contributed by atoms with E-state index in [1.54, 1.807) is 31.3 Å². The number of benzene rings is 2. The molecule has 3 rings (SSSR count).